The summed E-state index contributed by atoms with van der Waals surface area (Å²) in [6, 6.07) is 9.57. The van der Waals surface area contributed by atoms with Crippen LogP contribution in [0.3, 0.4) is 0 Å². The van der Waals surface area contributed by atoms with Crippen LogP contribution in [0.5, 0.6) is 0 Å². The van der Waals surface area contributed by atoms with Crippen molar-refractivity contribution in [3.05, 3.63) is 59.9 Å². The Labute approximate surface area is 137 Å². The van der Waals surface area contributed by atoms with E-state index in [-0.39, 0.29) is 4.90 Å². The molecule has 7 heteroatoms. The Hall–Kier alpha value is -2.54. The number of nitrogens with zero attached hydrogens (tertiary/aromatic N) is 1. The number of rotatable bonds is 3. The molecule has 0 aliphatic carbocycles. The van der Waals surface area contributed by atoms with Crippen LogP contribution >= 0.6 is 0 Å². The maximum absolute atomic E-state index is 14.2. The van der Waals surface area contributed by atoms with Crippen molar-refractivity contribution in [2.75, 3.05) is 6.26 Å². The quantitative estimate of drug-likeness (QED) is 0.717. The van der Waals surface area contributed by atoms with Crippen molar-refractivity contribution in [3.63, 3.8) is 0 Å². The average molecular weight is 349 g/mol. The molecule has 0 amide bonds. The predicted octanol–water partition coefficient (Wildman–Crippen LogP) is 4.00. The van der Waals surface area contributed by atoms with Crippen LogP contribution in [0.2, 0.25) is 0 Å². The van der Waals surface area contributed by atoms with E-state index >= 15 is 0 Å². The fraction of sp³-hybridized carbons (Fsp3) is 0.118. The summed E-state index contributed by atoms with van der Waals surface area (Å²) in [7, 11) is -3.66. The molecule has 0 aliphatic rings. The summed E-state index contributed by atoms with van der Waals surface area (Å²) in [5, 5.41) is 3.92. The standard InChI is InChI=1S/C17H13F2NO3S/c1-10-16(11-6-7-15(14(19)9-11)24(2,21)22)17(20-23-10)12-4-3-5-13(18)8-12/h3-9H,1-2H3. The molecule has 0 fully saturated rings. The second-order valence-corrected chi connectivity index (χ2v) is 7.37. The Morgan fingerprint density at radius 1 is 1.04 bits per heavy atom. The number of aromatic nitrogens is 1. The van der Waals surface area contributed by atoms with Crippen LogP contribution in [0, 0.1) is 18.6 Å². The highest BCUT2D eigenvalue weighted by Crippen LogP contribution is 2.35. The fourth-order valence-electron chi connectivity index (χ4n) is 2.50. The van der Waals surface area contributed by atoms with E-state index in [1.165, 1.54) is 30.3 Å². The van der Waals surface area contributed by atoms with Crippen molar-refractivity contribution in [2.24, 2.45) is 0 Å². The first-order valence-corrected chi connectivity index (χ1v) is 8.88. The second kappa shape index (κ2) is 5.83. The first-order chi connectivity index (χ1) is 11.3. The van der Waals surface area contributed by atoms with Crippen LogP contribution < -0.4 is 0 Å². The van der Waals surface area contributed by atoms with Gasteiger partial charge in [0, 0.05) is 11.8 Å². The van der Waals surface area contributed by atoms with Crippen molar-refractivity contribution >= 4 is 9.84 Å². The number of aryl methyl sites for hydroxylation is 1. The lowest BCUT2D eigenvalue weighted by atomic mass is 9.99. The zero-order chi connectivity index (χ0) is 17.5. The van der Waals surface area contributed by atoms with Crippen LogP contribution in [0.15, 0.2) is 51.9 Å². The molecule has 1 aromatic heterocycles. The molecule has 124 valence electrons. The van der Waals surface area contributed by atoms with Gasteiger partial charge in [-0.1, -0.05) is 23.4 Å². The lowest BCUT2D eigenvalue weighted by Gasteiger charge is -2.06. The minimum absolute atomic E-state index is 0.360. The van der Waals surface area contributed by atoms with Gasteiger partial charge in [-0.25, -0.2) is 17.2 Å². The van der Waals surface area contributed by atoms with E-state index in [9.17, 15) is 17.2 Å². The zero-order valence-electron chi connectivity index (χ0n) is 12.9. The number of hydrogen-bond acceptors (Lipinski definition) is 4. The van der Waals surface area contributed by atoms with Crippen LogP contribution in [-0.4, -0.2) is 19.8 Å². The van der Waals surface area contributed by atoms with Gasteiger partial charge in [0.15, 0.2) is 9.84 Å². The van der Waals surface area contributed by atoms with E-state index < -0.39 is 21.5 Å². The topological polar surface area (TPSA) is 60.2 Å². The lowest BCUT2D eigenvalue weighted by molar-refractivity contribution is 0.400. The molecule has 0 spiro atoms. The molecule has 0 saturated heterocycles. The van der Waals surface area contributed by atoms with Gasteiger partial charge < -0.3 is 4.52 Å². The number of hydrogen-bond donors (Lipinski definition) is 0. The molecule has 0 atom stereocenters. The molecule has 24 heavy (non-hydrogen) atoms. The van der Waals surface area contributed by atoms with Gasteiger partial charge in [0.1, 0.15) is 28.0 Å². The number of benzene rings is 2. The molecule has 0 saturated carbocycles. The highest BCUT2D eigenvalue weighted by Gasteiger charge is 2.20. The minimum atomic E-state index is -3.66. The number of halogens is 2. The molecule has 0 bridgehead atoms. The first kappa shape index (κ1) is 16.3. The van der Waals surface area contributed by atoms with Crippen molar-refractivity contribution in [1.82, 2.24) is 5.16 Å². The smallest absolute Gasteiger partial charge is 0.178 e. The molecular weight excluding hydrogens is 336 g/mol. The minimum Gasteiger partial charge on any atom is -0.360 e. The van der Waals surface area contributed by atoms with Crippen molar-refractivity contribution in [3.8, 4) is 22.4 Å². The maximum Gasteiger partial charge on any atom is 0.178 e. The molecule has 3 aromatic rings. The van der Waals surface area contributed by atoms with Crippen LogP contribution in [0.1, 0.15) is 5.76 Å². The van der Waals surface area contributed by atoms with Gasteiger partial charge in [-0.2, -0.15) is 0 Å². The summed E-state index contributed by atoms with van der Waals surface area (Å²) >= 11 is 0. The summed E-state index contributed by atoms with van der Waals surface area (Å²) < 4.78 is 55.9. The highest BCUT2D eigenvalue weighted by atomic mass is 32.2. The second-order valence-electron chi connectivity index (χ2n) is 5.39. The lowest BCUT2D eigenvalue weighted by Crippen LogP contribution is -2.00. The fourth-order valence-corrected chi connectivity index (χ4v) is 3.23. The highest BCUT2D eigenvalue weighted by molar-refractivity contribution is 7.90. The molecule has 4 nitrogen and oxygen atoms in total. The Morgan fingerprint density at radius 3 is 2.42 bits per heavy atom. The maximum atomic E-state index is 14.2. The summed E-state index contributed by atoms with van der Waals surface area (Å²) in [4.78, 5) is -0.382. The molecule has 1 heterocycles. The van der Waals surface area contributed by atoms with Crippen molar-refractivity contribution < 1.29 is 21.7 Å². The van der Waals surface area contributed by atoms with Gasteiger partial charge >= 0.3 is 0 Å². The molecular formula is C17H13F2NO3S. The molecule has 0 aliphatic heterocycles. The van der Waals surface area contributed by atoms with Crippen molar-refractivity contribution in [2.45, 2.75) is 11.8 Å². The Kier molecular flexibility index (Phi) is 3.96. The predicted molar refractivity (Wildman–Crippen MR) is 85.1 cm³/mol. The van der Waals surface area contributed by atoms with E-state index in [0.29, 0.717) is 28.1 Å². The van der Waals surface area contributed by atoms with Gasteiger partial charge in [0.2, 0.25) is 0 Å². The molecule has 0 N–H and O–H groups in total. The molecule has 0 unspecified atom stereocenters. The third kappa shape index (κ3) is 2.94. The summed E-state index contributed by atoms with van der Waals surface area (Å²) in [6.07, 6.45) is 0.938. The van der Waals surface area contributed by atoms with Crippen LogP contribution in [0.4, 0.5) is 8.78 Å². The monoisotopic (exact) mass is 349 g/mol. The Balaban J connectivity index is 2.18. The van der Waals surface area contributed by atoms with Gasteiger partial charge in [-0.15, -0.1) is 0 Å². The van der Waals surface area contributed by atoms with E-state index in [2.05, 4.69) is 5.16 Å². The molecule has 3 rings (SSSR count). The molecule has 2 aromatic carbocycles. The van der Waals surface area contributed by atoms with Crippen LogP contribution in [-0.2, 0) is 9.84 Å². The summed E-state index contributed by atoms with van der Waals surface area (Å²) in [6.45, 7) is 1.65. The van der Waals surface area contributed by atoms with E-state index in [0.717, 1.165) is 12.3 Å². The van der Waals surface area contributed by atoms with E-state index in [4.69, 9.17) is 4.52 Å². The third-order valence-corrected chi connectivity index (χ3v) is 4.71. The third-order valence-electron chi connectivity index (χ3n) is 3.58. The first-order valence-electron chi connectivity index (χ1n) is 6.99. The Bertz CT molecular complexity index is 1030. The van der Waals surface area contributed by atoms with Crippen LogP contribution in [0.25, 0.3) is 22.4 Å². The SMILES string of the molecule is Cc1onc(-c2cccc(F)c2)c1-c1ccc(S(C)(=O)=O)c(F)c1. The normalized spacial score (nSPS) is 11.7. The van der Waals surface area contributed by atoms with Gasteiger partial charge in [0.25, 0.3) is 0 Å². The van der Waals surface area contributed by atoms with Gasteiger partial charge in [-0.05, 0) is 36.8 Å². The zero-order valence-corrected chi connectivity index (χ0v) is 13.7. The average Bonchev–Trinajstić information content (AvgIpc) is 2.87. The molecule has 0 radical (unpaired) electrons. The summed E-state index contributed by atoms with van der Waals surface area (Å²) in [5.74, 6) is -0.876. The largest absolute Gasteiger partial charge is 0.360 e. The van der Waals surface area contributed by atoms with Gasteiger partial charge in [0.05, 0.1) is 5.56 Å². The van der Waals surface area contributed by atoms with Crippen molar-refractivity contribution in [1.29, 1.82) is 0 Å². The Morgan fingerprint density at radius 2 is 1.79 bits per heavy atom. The van der Waals surface area contributed by atoms with Gasteiger partial charge in [-0.3, -0.25) is 0 Å². The summed E-state index contributed by atoms with van der Waals surface area (Å²) in [5.41, 5.74) is 1.73. The van der Waals surface area contributed by atoms with E-state index in [1.54, 1.807) is 13.0 Å². The van der Waals surface area contributed by atoms with E-state index in [1.807, 2.05) is 0 Å². The number of sulfone groups is 1.